The lowest BCUT2D eigenvalue weighted by molar-refractivity contribution is -0.161. The topological polar surface area (TPSA) is 237 Å². The van der Waals surface area contributed by atoms with Crippen LogP contribution in [0.3, 0.4) is 0 Å². The molecular formula is C78H152O17P2. The second-order valence-electron chi connectivity index (χ2n) is 29.8. The van der Waals surface area contributed by atoms with E-state index in [9.17, 15) is 43.2 Å². The van der Waals surface area contributed by atoms with Gasteiger partial charge >= 0.3 is 39.5 Å². The number of aliphatic hydroxyl groups is 1. The maximum Gasteiger partial charge on any atom is 0.472 e. The molecule has 0 bridgehead atoms. The van der Waals surface area contributed by atoms with Gasteiger partial charge in [-0.2, -0.15) is 0 Å². The predicted molar refractivity (Wildman–Crippen MR) is 395 cm³/mol. The number of rotatable bonds is 75. The van der Waals surface area contributed by atoms with Gasteiger partial charge in [-0.25, -0.2) is 9.13 Å². The summed E-state index contributed by atoms with van der Waals surface area (Å²) in [5.41, 5.74) is 0. The van der Waals surface area contributed by atoms with E-state index < -0.39 is 97.5 Å². The minimum Gasteiger partial charge on any atom is -0.462 e. The average Bonchev–Trinajstić information content (AvgIpc) is 1.14. The molecule has 0 aromatic carbocycles. The summed E-state index contributed by atoms with van der Waals surface area (Å²) in [6.07, 6.45) is 52.9. The Morgan fingerprint density at radius 2 is 0.495 bits per heavy atom. The summed E-state index contributed by atoms with van der Waals surface area (Å²) in [5.74, 6) is 0.927. The highest BCUT2D eigenvalue weighted by Gasteiger charge is 2.30. The van der Waals surface area contributed by atoms with Gasteiger partial charge in [0.15, 0.2) is 12.2 Å². The Morgan fingerprint density at radius 1 is 0.289 bits per heavy atom. The van der Waals surface area contributed by atoms with E-state index in [1.807, 2.05) is 0 Å². The summed E-state index contributed by atoms with van der Waals surface area (Å²) in [4.78, 5) is 72.8. The van der Waals surface area contributed by atoms with Crippen molar-refractivity contribution in [1.82, 2.24) is 0 Å². The first-order valence-electron chi connectivity index (χ1n) is 40.2. The van der Waals surface area contributed by atoms with E-state index >= 15 is 0 Å². The molecule has 576 valence electrons. The maximum atomic E-state index is 13.1. The number of ether oxygens (including phenoxy) is 4. The zero-order valence-corrected chi connectivity index (χ0v) is 65.5. The van der Waals surface area contributed by atoms with Crippen LogP contribution in [0.2, 0.25) is 0 Å². The standard InChI is InChI=1S/C78H152O17P2/c1-9-71(8)57-49-41-36-37-43-51-59-76(81)89-65-74(95-78(83)61-52-44-33-27-23-19-15-11-10-13-17-21-25-30-38-46-54-68(2)3)67-93-97(86,87)91-63-72(79)62-90-96(84,85)92-66-73(64-88-75(80)58-50-42-35-29-32-40-48-56-70(6)7)94-77(82)60-53-45-34-28-24-20-16-12-14-18-22-26-31-39-47-55-69(4)5/h68-74,79H,9-67H2,1-8H3,(H,84,85)(H,86,87)/t71?,72-,73-,74-/m1/s1. The number of phosphoric acid groups is 2. The molecule has 0 saturated carbocycles. The first-order valence-corrected chi connectivity index (χ1v) is 43.2. The number of aliphatic hydroxyl groups excluding tert-OH is 1. The SMILES string of the molecule is CCC(C)CCCCCCCCC(=O)OC[C@H](COP(=O)(O)OC[C@H](O)COP(=O)(O)OC[C@@H](COC(=O)CCCCCCCCCC(C)C)OC(=O)CCCCCCCCCCCCCCCCCC(C)C)OC(=O)CCCCCCCCCCCCCCCCCCC(C)C. The Balaban J connectivity index is 5.19. The summed E-state index contributed by atoms with van der Waals surface area (Å²) >= 11 is 0. The van der Waals surface area contributed by atoms with Crippen molar-refractivity contribution in [2.24, 2.45) is 23.7 Å². The molecule has 0 aliphatic rings. The van der Waals surface area contributed by atoms with Gasteiger partial charge in [0.05, 0.1) is 26.4 Å². The van der Waals surface area contributed by atoms with Crippen LogP contribution >= 0.6 is 15.6 Å². The van der Waals surface area contributed by atoms with Crippen LogP contribution in [-0.4, -0.2) is 96.7 Å². The van der Waals surface area contributed by atoms with Crippen LogP contribution in [0, 0.1) is 23.7 Å². The predicted octanol–water partition coefficient (Wildman–Crippen LogP) is 22.8. The molecule has 0 aromatic rings. The number of unbranched alkanes of at least 4 members (excludes halogenated alkanes) is 40. The lowest BCUT2D eigenvalue weighted by Crippen LogP contribution is -2.30. The molecule has 6 atom stereocenters. The van der Waals surface area contributed by atoms with Gasteiger partial charge in [0, 0.05) is 25.7 Å². The van der Waals surface area contributed by atoms with Crippen LogP contribution in [0.5, 0.6) is 0 Å². The van der Waals surface area contributed by atoms with Crippen LogP contribution in [0.25, 0.3) is 0 Å². The first-order chi connectivity index (χ1) is 46.6. The fraction of sp³-hybridized carbons (Fsp3) is 0.949. The molecule has 0 aromatic heterocycles. The Bertz CT molecular complexity index is 1900. The number of hydrogen-bond acceptors (Lipinski definition) is 15. The van der Waals surface area contributed by atoms with Gasteiger partial charge in [0.2, 0.25) is 0 Å². The third-order valence-corrected chi connectivity index (χ3v) is 20.3. The molecule has 0 heterocycles. The van der Waals surface area contributed by atoms with E-state index in [-0.39, 0.29) is 25.7 Å². The van der Waals surface area contributed by atoms with E-state index in [4.69, 9.17) is 37.0 Å². The van der Waals surface area contributed by atoms with Gasteiger partial charge in [0.1, 0.15) is 19.3 Å². The number of esters is 4. The lowest BCUT2D eigenvalue weighted by Gasteiger charge is -2.21. The van der Waals surface area contributed by atoms with E-state index in [1.165, 1.54) is 186 Å². The summed E-state index contributed by atoms with van der Waals surface area (Å²) in [7, 11) is -9.92. The quantitative estimate of drug-likeness (QED) is 0.0222. The lowest BCUT2D eigenvalue weighted by atomic mass is 10.00. The van der Waals surface area contributed by atoms with Crippen LogP contribution in [-0.2, 0) is 65.4 Å². The number of hydrogen-bond donors (Lipinski definition) is 3. The Hall–Kier alpha value is -1.94. The van der Waals surface area contributed by atoms with E-state index in [1.54, 1.807) is 0 Å². The van der Waals surface area contributed by atoms with Crippen LogP contribution < -0.4 is 0 Å². The molecule has 19 heteroatoms. The first kappa shape index (κ1) is 95.1. The van der Waals surface area contributed by atoms with Crippen molar-refractivity contribution < 1.29 is 80.2 Å². The van der Waals surface area contributed by atoms with Crippen molar-refractivity contribution in [1.29, 1.82) is 0 Å². The highest BCUT2D eigenvalue weighted by atomic mass is 31.2. The molecule has 0 amide bonds. The molecule has 0 aliphatic heterocycles. The third-order valence-electron chi connectivity index (χ3n) is 18.4. The van der Waals surface area contributed by atoms with Crippen molar-refractivity contribution in [3.8, 4) is 0 Å². The zero-order chi connectivity index (χ0) is 71.7. The minimum absolute atomic E-state index is 0.106. The monoisotopic (exact) mass is 1420 g/mol. The van der Waals surface area contributed by atoms with Crippen molar-refractivity contribution >= 4 is 39.5 Å². The molecule has 3 N–H and O–H groups in total. The molecule has 0 spiro atoms. The molecule has 0 saturated heterocycles. The maximum absolute atomic E-state index is 13.1. The van der Waals surface area contributed by atoms with Crippen LogP contribution in [0.4, 0.5) is 0 Å². The molecule has 97 heavy (non-hydrogen) atoms. The molecule has 0 aliphatic carbocycles. The molecule has 0 radical (unpaired) electrons. The number of carbonyl (C=O) groups excluding carboxylic acids is 4. The Kier molecular flexibility index (Phi) is 65.9. The Morgan fingerprint density at radius 3 is 0.732 bits per heavy atom. The summed E-state index contributed by atoms with van der Waals surface area (Å²) in [6.45, 7) is 14.2. The number of carbonyl (C=O) groups is 4. The molecule has 0 fully saturated rings. The average molecular weight is 1420 g/mol. The molecule has 3 unspecified atom stereocenters. The van der Waals surface area contributed by atoms with Gasteiger partial charge in [-0.3, -0.25) is 37.3 Å². The third kappa shape index (κ3) is 70.9. The van der Waals surface area contributed by atoms with E-state index in [0.29, 0.717) is 31.6 Å². The van der Waals surface area contributed by atoms with Gasteiger partial charge in [0.25, 0.3) is 0 Å². The number of phosphoric ester groups is 2. The Labute approximate surface area is 594 Å². The van der Waals surface area contributed by atoms with Crippen LogP contribution in [0.15, 0.2) is 0 Å². The van der Waals surface area contributed by atoms with Gasteiger partial charge in [-0.15, -0.1) is 0 Å². The van der Waals surface area contributed by atoms with Crippen molar-refractivity contribution in [2.45, 2.75) is 414 Å². The highest BCUT2D eigenvalue weighted by Crippen LogP contribution is 2.45. The van der Waals surface area contributed by atoms with Crippen molar-refractivity contribution in [3.63, 3.8) is 0 Å². The van der Waals surface area contributed by atoms with Gasteiger partial charge in [-0.05, 0) is 49.4 Å². The zero-order valence-electron chi connectivity index (χ0n) is 63.7. The summed E-state index contributed by atoms with van der Waals surface area (Å²) in [6, 6.07) is 0. The van der Waals surface area contributed by atoms with Crippen LogP contribution in [0.1, 0.15) is 396 Å². The second kappa shape index (κ2) is 67.2. The van der Waals surface area contributed by atoms with Crippen molar-refractivity contribution in [3.05, 3.63) is 0 Å². The van der Waals surface area contributed by atoms with Crippen molar-refractivity contribution in [2.75, 3.05) is 39.6 Å². The summed E-state index contributed by atoms with van der Waals surface area (Å²) < 4.78 is 68.6. The fourth-order valence-corrected chi connectivity index (χ4v) is 13.5. The summed E-state index contributed by atoms with van der Waals surface area (Å²) in [5, 5.41) is 10.6. The van der Waals surface area contributed by atoms with Gasteiger partial charge < -0.3 is 33.8 Å². The smallest absolute Gasteiger partial charge is 0.462 e. The van der Waals surface area contributed by atoms with E-state index in [2.05, 4.69) is 55.4 Å². The highest BCUT2D eigenvalue weighted by molar-refractivity contribution is 7.47. The van der Waals surface area contributed by atoms with Gasteiger partial charge in [-0.1, -0.05) is 344 Å². The fourth-order valence-electron chi connectivity index (χ4n) is 11.9. The largest absolute Gasteiger partial charge is 0.472 e. The minimum atomic E-state index is -4.96. The normalized spacial score (nSPS) is 14.4. The second-order valence-corrected chi connectivity index (χ2v) is 32.7. The molecule has 17 nitrogen and oxygen atoms in total. The van der Waals surface area contributed by atoms with E-state index in [0.717, 1.165) is 120 Å². The molecule has 0 rings (SSSR count). The molecular weight excluding hydrogens is 1270 g/mol.